The number of rotatable bonds is 8. The highest BCUT2D eigenvalue weighted by Gasteiger charge is 2.53. The molecule has 2 N–H and O–H groups in total. The van der Waals surface area contributed by atoms with Crippen LogP contribution in [0.15, 0.2) is 60.7 Å². The number of benzene rings is 2. The molecule has 204 valence electrons. The predicted octanol–water partition coefficient (Wildman–Crippen LogP) is 8.50. The molecule has 1 aliphatic carbocycles. The third kappa shape index (κ3) is 4.76. The average molecular weight is 591 g/mol. The smallest absolute Gasteiger partial charge is 0.412 e. The van der Waals surface area contributed by atoms with Gasteiger partial charge in [0.1, 0.15) is 11.9 Å². The molecule has 10 heteroatoms. The molecule has 2 aromatic carbocycles. The van der Waals surface area contributed by atoms with Gasteiger partial charge in [0, 0.05) is 19.8 Å². The Balaban J connectivity index is 1.23. The number of aryl methyl sites for hydroxylation is 1. The van der Waals surface area contributed by atoms with Gasteiger partial charge < -0.3 is 14.6 Å². The highest BCUT2D eigenvalue weighted by molar-refractivity contribution is 7.32. The molecule has 0 aliphatic heterocycles. The van der Waals surface area contributed by atoms with Crippen molar-refractivity contribution in [1.82, 2.24) is 4.37 Å². The van der Waals surface area contributed by atoms with E-state index < -0.39 is 17.5 Å². The van der Waals surface area contributed by atoms with Gasteiger partial charge in [-0.05, 0) is 67.5 Å². The van der Waals surface area contributed by atoms with Gasteiger partial charge in [0.05, 0.1) is 33.7 Å². The first-order valence-electron chi connectivity index (χ1n) is 12.7. The van der Waals surface area contributed by atoms with Gasteiger partial charge in [0.15, 0.2) is 0 Å². The quantitative estimate of drug-likeness (QED) is 0.188. The lowest BCUT2D eigenvalue weighted by Crippen LogP contribution is -2.20. The number of amides is 1. The zero-order valence-electron chi connectivity index (χ0n) is 22.0. The predicted molar refractivity (Wildman–Crippen MR) is 161 cm³/mol. The van der Waals surface area contributed by atoms with Crippen LogP contribution in [0.1, 0.15) is 42.7 Å². The Kier molecular flexibility index (Phi) is 6.85. The molecule has 1 aliphatic rings. The van der Waals surface area contributed by atoms with Crippen LogP contribution in [0.25, 0.3) is 29.6 Å². The zero-order chi connectivity index (χ0) is 28.0. The van der Waals surface area contributed by atoms with E-state index in [0.717, 1.165) is 46.4 Å². The van der Waals surface area contributed by atoms with Crippen LogP contribution in [-0.2, 0) is 14.9 Å². The first-order chi connectivity index (χ1) is 19.3. The van der Waals surface area contributed by atoms with E-state index in [2.05, 4.69) is 21.8 Å². The molecule has 1 amide bonds. The molecule has 0 bridgehead atoms. The molecular formula is C30H26N2O5S3. The lowest BCUT2D eigenvalue weighted by Gasteiger charge is -2.15. The Morgan fingerprint density at radius 1 is 1.02 bits per heavy atom. The lowest BCUT2D eigenvalue weighted by atomic mass is 9.93. The van der Waals surface area contributed by atoms with E-state index in [9.17, 15) is 14.7 Å². The van der Waals surface area contributed by atoms with Crippen molar-refractivity contribution in [2.24, 2.45) is 0 Å². The van der Waals surface area contributed by atoms with Crippen molar-refractivity contribution >= 4 is 61.4 Å². The number of aromatic nitrogens is 1. The third-order valence-corrected chi connectivity index (χ3v) is 10.7. The van der Waals surface area contributed by atoms with Crippen LogP contribution in [0.2, 0.25) is 0 Å². The number of carbonyl (C=O) groups is 2. The number of hydrogen-bond donors (Lipinski definition) is 2. The number of ether oxygens (including phenoxy) is 2. The highest BCUT2D eigenvalue weighted by Crippen LogP contribution is 2.53. The molecular weight excluding hydrogens is 565 g/mol. The van der Waals surface area contributed by atoms with E-state index in [1.807, 2.05) is 62.4 Å². The average Bonchev–Trinajstić information content (AvgIpc) is 3.36. The van der Waals surface area contributed by atoms with Crippen LogP contribution in [0.5, 0.6) is 5.75 Å². The number of nitrogens with zero attached hydrogens (tertiary/aromatic N) is 1. The number of hydrogen-bond acceptors (Lipinski definition) is 8. The summed E-state index contributed by atoms with van der Waals surface area (Å²) in [6, 6.07) is 19.7. The number of fused-ring (bicyclic) bond motifs is 1. The molecule has 7 nitrogen and oxygen atoms in total. The van der Waals surface area contributed by atoms with Crippen LogP contribution in [0.3, 0.4) is 0 Å². The molecule has 3 aromatic heterocycles. The van der Waals surface area contributed by atoms with Crippen LogP contribution in [0, 0.1) is 6.92 Å². The van der Waals surface area contributed by atoms with Gasteiger partial charge in [0.25, 0.3) is 0 Å². The molecule has 0 radical (unpaired) electrons. The van der Waals surface area contributed by atoms with Gasteiger partial charge in [-0.2, -0.15) is 4.37 Å². The number of nitrogens with one attached hydrogen (secondary N) is 1. The second-order valence-corrected chi connectivity index (χ2v) is 12.7. The van der Waals surface area contributed by atoms with Gasteiger partial charge in [0.2, 0.25) is 0 Å². The van der Waals surface area contributed by atoms with Crippen LogP contribution >= 0.6 is 34.2 Å². The van der Waals surface area contributed by atoms with Crippen LogP contribution in [0.4, 0.5) is 10.5 Å². The van der Waals surface area contributed by atoms with E-state index in [-0.39, 0.29) is 6.10 Å². The lowest BCUT2D eigenvalue weighted by molar-refractivity contribution is -0.140. The fraction of sp³-hybridized carbons (Fsp3) is 0.233. The van der Waals surface area contributed by atoms with Crippen molar-refractivity contribution in [2.45, 2.75) is 38.2 Å². The standard InChI is InChI=1S/C30H26N2O5S3/c1-16-26(31-29(35)37-17(2)18-7-5-4-6-8-18)27(40-32-16)25-15-24-23(39-25)14-22(38-24)19-9-10-20(21(13-19)36-3)30(11-12-30)28(33)34/h4-10,13-15,17H,11-12H2,1-3H3,(H,31,35)(H,33,34). The first-order valence-corrected chi connectivity index (χ1v) is 15.1. The van der Waals surface area contributed by atoms with Crippen LogP contribution < -0.4 is 10.1 Å². The summed E-state index contributed by atoms with van der Waals surface area (Å²) < 4.78 is 18.0. The normalized spacial score (nSPS) is 14.6. The monoisotopic (exact) mass is 590 g/mol. The summed E-state index contributed by atoms with van der Waals surface area (Å²) in [5.41, 5.74) is 3.24. The first kappa shape index (κ1) is 26.5. The van der Waals surface area contributed by atoms with E-state index >= 15 is 0 Å². The fourth-order valence-electron chi connectivity index (χ4n) is 4.82. The number of carboxylic acids is 1. The second kappa shape index (κ2) is 10.3. The van der Waals surface area contributed by atoms with Crippen molar-refractivity contribution in [1.29, 1.82) is 0 Å². The highest BCUT2D eigenvalue weighted by atomic mass is 32.1. The fourth-order valence-corrected chi connectivity index (χ4v) is 8.16. The van der Waals surface area contributed by atoms with Crippen molar-refractivity contribution in [3.8, 4) is 25.9 Å². The SMILES string of the molecule is COc1cc(-c2cc3sc(-c4snc(C)c4NC(=O)OC(C)c4ccccc4)cc3s2)ccc1C1(C(=O)O)CC1. The molecule has 0 spiro atoms. The Morgan fingerprint density at radius 3 is 2.40 bits per heavy atom. The minimum atomic E-state index is -0.820. The van der Waals surface area contributed by atoms with Gasteiger partial charge in [-0.3, -0.25) is 10.1 Å². The number of carbonyl (C=O) groups excluding carboxylic acids is 1. The largest absolute Gasteiger partial charge is 0.496 e. The van der Waals surface area contributed by atoms with Gasteiger partial charge in [-0.25, -0.2) is 4.79 Å². The maximum absolute atomic E-state index is 12.7. The third-order valence-electron chi connectivity index (χ3n) is 7.23. The Morgan fingerprint density at radius 2 is 1.73 bits per heavy atom. The minimum absolute atomic E-state index is 0.381. The topological polar surface area (TPSA) is 97.8 Å². The van der Waals surface area contributed by atoms with Crippen molar-refractivity contribution < 1.29 is 24.2 Å². The molecule has 40 heavy (non-hydrogen) atoms. The van der Waals surface area contributed by atoms with Gasteiger partial charge >= 0.3 is 12.1 Å². The van der Waals surface area contributed by atoms with E-state index in [1.54, 1.807) is 29.8 Å². The van der Waals surface area contributed by atoms with Crippen molar-refractivity contribution in [2.75, 3.05) is 12.4 Å². The number of methoxy groups -OCH3 is 1. The maximum Gasteiger partial charge on any atom is 0.412 e. The molecule has 5 aromatic rings. The second-order valence-electron chi connectivity index (χ2n) is 9.81. The summed E-state index contributed by atoms with van der Waals surface area (Å²) in [6.45, 7) is 3.72. The summed E-state index contributed by atoms with van der Waals surface area (Å²) in [7, 11) is 1.58. The van der Waals surface area contributed by atoms with Crippen molar-refractivity contribution in [3.63, 3.8) is 0 Å². The Hall–Kier alpha value is -3.73. The molecule has 1 fully saturated rings. The van der Waals surface area contributed by atoms with Gasteiger partial charge in [-0.15, -0.1) is 22.7 Å². The summed E-state index contributed by atoms with van der Waals surface area (Å²) in [6.07, 6.45) is 0.365. The number of thiophene rings is 2. The summed E-state index contributed by atoms with van der Waals surface area (Å²) >= 11 is 4.66. The molecule has 6 rings (SSSR count). The molecule has 3 heterocycles. The minimum Gasteiger partial charge on any atom is -0.496 e. The van der Waals surface area contributed by atoms with Crippen molar-refractivity contribution in [3.05, 3.63) is 77.5 Å². The van der Waals surface area contributed by atoms with Gasteiger partial charge in [-0.1, -0.05) is 42.5 Å². The maximum atomic E-state index is 12.7. The Bertz CT molecular complexity index is 1700. The van der Waals surface area contributed by atoms with E-state index in [4.69, 9.17) is 9.47 Å². The zero-order valence-corrected chi connectivity index (χ0v) is 24.5. The summed E-state index contributed by atoms with van der Waals surface area (Å²) in [4.78, 5) is 27.6. The molecule has 1 unspecified atom stereocenters. The number of anilines is 1. The molecule has 1 atom stereocenters. The summed E-state index contributed by atoms with van der Waals surface area (Å²) in [5.74, 6) is -0.187. The number of carboxylic acid groups (broad SMARTS) is 1. The van der Waals surface area contributed by atoms with Crippen LogP contribution in [-0.4, -0.2) is 28.7 Å². The molecule has 1 saturated carbocycles. The summed E-state index contributed by atoms with van der Waals surface area (Å²) in [5, 5.41) is 12.6. The molecule has 0 saturated heterocycles. The van der Waals surface area contributed by atoms with E-state index in [1.165, 1.54) is 11.5 Å². The van der Waals surface area contributed by atoms with E-state index in [0.29, 0.717) is 24.3 Å². The Labute approximate surface area is 243 Å². The number of aliphatic carboxylic acids is 1.